The third-order valence-corrected chi connectivity index (χ3v) is 6.88. The highest BCUT2D eigenvalue weighted by Gasteiger charge is 2.40. The highest BCUT2D eigenvalue weighted by molar-refractivity contribution is 5.92. The molecule has 0 unspecified atom stereocenters. The number of hydrogen-bond acceptors (Lipinski definition) is 4. The van der Waals surface area contributed by atoms with Crippen molar-refractivity contribution in [1.82, 2.24) is 10.6 Å². The average Bonchev–Trinajstić information content (AvgIpc) is 3.29. The van der Waals surface area contributed by atoms with Crippen LogP contribution in [-0.2, 0) is 27.4 Å². The lowest BCUT2D eigenvalue weighted by molar-refractivity contribution is -0.142. The lowest BCUT2D eigenvalue weighted by Crippen LogP contribution is -2.54. The van der Waals surface area contributed by atoms with Crippen molar-refractivity contribution in [3.05, 3.63) is 131 Å². The fourth-order valence-corrected chi connectivity index (χ4v) is 5.06. The summed E-state index contributed by atoms with van der Waals surface area (Å²) in [6.07, 6.45) is -0.601. The predicted molar refractivity (Wildman–Crippen MR) is 147 cm³/mol. The number of aliphatic carboxylic acids is 1. The Morgan fingerprint density at radius 3 is 1.77 bits per heavy atom. The number of ether oxygens (including phenoxy) is 1. The Bertz CT molecular complexity index is 1430. The molecular weight excluding hydrogens is 492 g/mol. The van der Waals surface area contributed by atoms with Crippen LogP contribution in [0.25, 0.3) is 11.1 Å². The quantitative estimate of drug-likeness (QED) is 0.291. The summed E-state index contributed by atoms with van der Waals surface area (Å²) in [6, 6.07) is 31.4. The summed E-state index contributed by atoms with van der Waals surface area (Å²) in [6.45, 7) is 0.0414. The molecule has 2 amide bonds. The standard InChI is InChI=1S/C32H28N2O5/c35-30(27(19-21-11-3-1-4-12-21)33-32(38)39-20-22-13-5-2-6-14-22)34-29(31(36)37)28-25-17-9-7-15-23(25)24-16-8-10-18-26(24)28/h1-18,27-29H,19-20H2,(H,33,38)(H,34,35)(H,36,37)/t27-,29+/m1/s1. The van der Waals surface area contributed by atoms with Gasteiger partial charge in [-0.3, -0.25) is 4.79 Å². The molecule has 196 valence electrons. The van der Waals surface area contributed by atoms with Crippen molar-refractivity contribution in [3.8, 4) is 11.1 Å². The number of alkyl carbamates (subject to hydrolysis) is 1. The lowest BCUT2D eigenvalue weighted by atomic mass is 9.89. The first-order valence-electron chi connectivity index (χ1n) is 12.7. The van der Waals surface area contributed by atoms with E-state index in [2.05, 4.69) is 10.6 Å². The minimum absolute atomic E-state index is 0.0414. The number of hydrogen-bond donors (Lipinski definition) is 3. The molecule has 1 aliphatic rings. The Hall–Kier alpha value is -4.91. The minimum Gasteiger partial charge on any atom is -0.480 e. The summed E-state index contributed by atoms with van der Waals surface area (Å²) in [5, 5.41) is 15.6. The minimum atomic E-state index is -1.25. The third kappa shape index (κ3) is 5.83. The van der Waals surface area contributed by atoms with E-state index in [4.69, 9.17) is 4.74 Å². The number of carboxylic acids is 1. The SMILES string of the molecule is O=C(N[C@H](Cc1ccccc1)C(=O)N[C@H](C(=O)O)C1c2ccccc2-c2ccccc21)OCc1ccccc1. The molecule has 0 fully saturated rings. The van der Waals surface area contributed by atoms with Gasteiger partial charge in [-0.15, -0.1) is 0 Å². The Kier molecular flexibility index (Phi) is 7.68. The summed E-state index contributed by atoms with van der Waals surface area (Å²) < 4.78 is 5.35. The third-order valence-electron chi connectivity index (χ3n) is 6.88. The zero-order valence-electron chi connectivity index (χ0n) is 21.1. The van der Waals surface area contributed by atoms with E-state index in [0.29, 0.717) is 0 Å². The number of rotatable bonds is 9. The second-order valence-corrected chi connectivity index (χ2v) is 9.43. The largest absolute Gasteiger partial charge is 0.480 e. The molecule has 7 nitrogen and oxygen atoms in total. The topological polar surface area (TPSA) is 105 Å². The molecule has 7 heteroatoms. The maximum absolute atomic E-state index is 13.6. The average molecular weight is 521 g/mol. The highest BCUT2D eigenvalue weighted by Crippen LogP contribution is 2.46. The number of benzene rings is 4. The van der Waals surface area contributed by atoms with Gasteiger partial charge >= 0.3 is 12.1 Å². The molecule has 0 saturated heterocycles. The fourth-order valence-electron chi connectivity index (χ4n) is 5.06. The number of carbonyl (C=O) groups is 3. The first-order valence-corrected chi connectivity index (χ1v) is 12.7. The molecule has 4 aromatic carbocycles. The van der Waals surface area contributed by atoms with Crippen molar-refractivity contribution in [2.45, 2.75) is 31.0 Å². The van der Waals surface area contributed by atoms with Crippen LogP contribution in [0.2, 0.25) is 0 Å². The van der Waals surface area contributed by atoms with E-state index in [-0.39, 0.29) is 13.0 Å². The molecule has 1 aliphatic carbocycles. The number of nitrogens with one attached hydrogen (secondary N) is 2. The van der Waals surface area contributed by atoms with E-state index in [1.54, 1.807) is 0 Å². The van der Waals surface area contributed by atoms with Gasteiger partial charge in [0.25, 0.3) is 0 Å². The molecule has 5 rings (SSSR count). The van der Waals surface area contributed by atoms with Gasteiger partial charge < -0.3 is 20.5 Å². The van der Waals surface area contributed by atoms with Crippen LogP contribution in [-0.4, -0.2) is 35.2 Å². The Morgan fingerprint density at radius 2 is 1.21 bits per heavy atom. The second kappa shape index (κ2) is 11.6. The molecule has 0 heterocycles. The van der Waals surface area contributed by atoms with Crippen LogP contribution in [0, 0.1) is 0 Å². The first-order chi connectivity index (χ1) is 19.0. The predicted octanol–water partition coefficient (Wildman–Crippen LogP) is 4.91. The number of carboxylic acid groups (broad SMARTS) is 1. The zero-order chi connectivity index (χ0) is 27.2. The van der Waals surface area contributed by atoms with E-state index in [1.807, 2.05) is 109 Å². The van der Waals surface area contributed by atoms with Gasteiger partial charge in [0.2, 0.25) is 5.91 Å². The molecule has 3 N–H and O–H groups in total. The molecule has 0 saturated carbocycles. The summed E-state index contributed by atoms with van der Waals surface area (Å²) in [4.78, 5) is 38.9. The van der Waals surface area contributed by atoms with E-state index in [1.165, 1.54) is 0 Å². The second-order valence-electron chi connectivity index (χ2n) is 9.43. The molecule has 0 aliphatic heterocycles. The van der Waals surface area contributed by atoms with Gasteiger partial charge in [0.15, 0.2) is 0 Å². The Balaban J connectivity index is 1.38. The smallest absolute Gasteiger partial charge is 0.408 e. The van der Waals surface area contributed by atoms with Crippen LogP contribution in [0.1, 0.15) is 28.2 Å². The number of carbonyl (C=O) groups excluding carboxylic acids is 2. The lowest BCUT2D eigenvalue weighted by Gasteiger charge is -2.26. The maximum Gasteiger partial charge on any atom is 0.408 e. The van der Waals surface area contributed by atoms with Crippen LogP contribution in [0.15, 0.2) is 109 Å². The van der Waals surface area contributed by atoms with E-state index < -0.39 is 36.0 Å². The molecule has 2 atom stereocenters. The van der Waals surface area contributed by atoms with Gasteiger partial charge in [0.05, 0.1) is 0 Å². The van der Waals surface area contributed by atoms with Crippen molar-refractivity contribution in [2.24, 2.45) is 0 Å². The zero-order valence-corrected chi connectivity index (χ0v) is 21.1. The van der Waals surface area contributed by atoms with Crippen molar-refractivity contribution < 1.29 is 24.2 Å². The van der Waals surface area contributed by atoms with Gasteiger partial charge in [-0.2, -0.15) is 0 Å². The molecular formula is C32H28N2O5. The van der Waals surface area contributed by atoms with Crippen LogP contribution in [0.3, 0.4) is 0 Å². The van der Waals surface area contributed by atoms with Crippen molar-refractivity contribution in [1.29, 1.82) is 0 Å². The number of amides is 2. The van der Waals surface area contributed by atoms with Gasteiger partial charge in [-0.05, 0) is 33.4 Å². The molecule has 0 radical (unpaired) electrons. The summed E-state index contributed by atoms with van der Waals surface area (Å²) in [7, 11) is 0. The molecule has 0 spiro atoms. The highest BCUT2D eigenvalue weighted by atomic mass is 16.5. The Morgan fingerprint density at radius 1 is 0.692 bits per heavy atom. The van der Waals surface area contributed by atoms with E-state index >= 15 is 0 Å². The molecule has 39 heavy (non-hydrogen) atoms. The van der Waals surface area contributed by atoms with Crippen LogP contribution in [0.4, 0.5) is 4.79 Å². The van der Waals surface area contributed by atoms with Crippen LogP contribution < -0.4 is 10.6 Å². The number of fused-ring (bicyclic) bond motifs is 3. The molecule has 4 aromatic rings. The monoisotopic (exact) mass is 520 g/mol. The Labute approximate surface area is 226 Å². The van der Waals surface area contributed by atoms with Gasteiger partial charge in [-0.1, -0.05) is 109 Å². The van der Waals surface area contributed by atoms with Crippen molar-refractivity contribution in [3.63, 3.8) is 0 Å². The summed E-state index contributed by atoms with van der Waals surface area (Å²) in [5.41, 5.74) is 5.18. The van der Waals surface area contributed by atoms with Crippen molar-refractivity contribution >= 4 is 18.0 Å². The van der Waals surface area contributed by atoms with Crippen LogP contribution >= 0.6 is 0 Å². The normalized spacial score (nSPS) is 13.4. The summed E-state index contributed by atoms with van der Waals surface area (Å²) >= 11 is 0. The van der Waals surface area contributed by atoms with Crippen LogP contribution in [0.5, 0.6) is 0 Å². The van der Waals surface area contributed by atoms with E-state index in [9.17, 15) is 19.5 Å². The van der Waals surface area contributed by atoms with Gasteiger partial charge in [0, 0.05) is 12.3 Å². The molecule has 0 aromatic heterocycles. The van der Waals surface area contributed by atoms with Gasteiger partial charge in [0.1, 0.15) is 18.7 Å². The maximum atomic E-state index is 13.6. The van der Waals surface area contributed by atoms with E-state index in [0.717, 1.165) is 33.4 Å². The molecule has 0 bridgehead atoms. The first kappa shape index (κ1) is 25.7. The van der Waals surface area contributed by atoms with Crippen molar-refractivity contribution in [2.75, 3.05) is 0 Å². The fraction of sp³-hybridized carbons (Fsp3) is 0.156. The summed E-state index contributed by atoms with van der Waals surface area (Å²) in [5.74, 6) is -2.35. The van der Waals surface area contributed by atoms with Gasteiger partial charge in [-0.25, -0.2) is 9.59 Å².